The molecule has 120 valence electrons. The molecule has 7 nitrogen and oxygen atoms in total. The van der Waals surface area contributed by atoms with Crippen LogP contribution in [0.4, 0.5) is 5.13 Å². The first-order valence-corrected chi connectivity index (χ1v) is 7.60. The Morgan fingerprint density at radius 2 is 2.17 bits per heavy atom. The number of esters is 1. The molecule has 1 aromatic carbocycles. The fraction of sp³-hybridized carbons (Fsp3) is 0.200. The zero-order chi connectivity index (χ0) is 16.8. The van der Waals surface area contributed by atoms with E-state index in [1.54, 1.807) is 32.0 Å². The molecular weight excluding hydrogens is 318 g/mol. The molecule has 2 aromatic rings. The molecule has 0 radical (unpaired) electrons. The van der Waals surface area contributed by atoms with Gasteiger partial charge in [0.25, 0.3) is 0 Å². The topological polar surface area (TPSA) is 101 Å². The molecule has 0 atom stereocenters. The molecule has 0 saturated carbocycles. The highest BCUT2D eigenvalue weighted by atomic mass is 32.1. The lowest BCUT2D eigenvalue weighted by Gasteiger charge is -1.99. The van der Waals surface area contributed by atoms with E-state index in [1.807, 2.05) is 0 Å². The van der Waals surface area contributed by atoms with Crippen LogP contribution in [0, 0.1) is 6.92 Å². The highest BCUT2D eigenvalue weighted by Crippen LogP contribution is 2.23. The number of nitrogens with one attached hydrogen (secondary N) is 1. The first-order valence-electron chi connectivity index (χ1n) is 6.79. The second-order valence-electron chi connectivity index (χ2n) is 4.42. The maximum Gasteiger partial charge on any atom is 0.350 e. The van der Waals surface area contributed by atoms with Crippen LogP contribution in [0.15, 0.2) is 29.4 Å². The number of hydrogen-bond donors (Lipinski definition) is 2. The molecule has 0 fully saturated rings. The normalized spacial score (nSPS) is 10.7. The lowest BCUT2D eigenvalue weighted by molar-refractivity contribution is 0.0530. The number of aromatic carboxylic acids is 1. The van der Waals surface area contributed by atoms with Gasteiger partial charge in [0.2, 0.25) is 5.13 Å². The van der Waals surface area contributed by atoms with E-state index in [2.05, 4.69) is 15.5 Å². The summed E-state index contributed by atoms with van der Waals surface area (Å²) in [7, 11) is 0. The largest absolute Gasteiger partial charge is 0.478 e. The van der Waals surface area contributed by atoms with Crippen molar-refractivity contribution in [2.45, 2.75) is 13.8 Å². The number of ether oxygens (including phenoxy) is 1. The van der Waals surface area contributed by atoms with Crippen molar-refractivity contribution in [2.75, 3.05) is 12.0 Å². The van der Waals surface area contributed by atoms with Crippen LogP contribution in [-0.2, 0) is 4.74 Å². The minimum absolute atomic E-state index is 0.153. The SMILES string of the molecule is CCOC(=O)c1sc(N/N=C\c2ccccc2C(=O)O)nc1C. The lowest BCUT2D eigenvalue weighted by atomic mass is 10.1. The number of nitrogens with zero attached hydrogens (tertiary/aromatic N) is 2. The summed E-state index contributed by atoms with van der Waals surface area (Å²) in [4.78, 5) is 27.4. The fourth-order valence-electron chi connectivity index (χ4n) is 1.79. The van der Waals surface area contributed by atoms with Gasteiger partial charge >= 0.3 is 11.9 Å². The molecular formula is C15H15N3O4S. The van der Waals surface area contributed by atoms with E-state index in [9.17, 15) is 9.59 Å². The predicted molar refractivity (Wildman–Crippen MR) is 87.4 cm³/mol. The summed E-state index contributed by atoms with van der Waals surface area (Å²) >= 11 is 1.13. The second-order valence-corrected chi connectivity index (χ2v) is 5.42. The van der Waals surface area contributed by atoms with Crippen molar-refractivity contribution < 1.29 is 19.4 Å². The average molecular weight is 333 g/mol. The Kier molecular flexibility index (Phi) is 5.42. The average Bonchev–Trinajstić information content (AvgIpc) is 2.89. The maximum atomic E-state index is 11.7. The van der Waals surface area contributed by atoms with E-state index >= 15 is 0 Å². The fourth-order valence-corrected chi connectivity index (χ4v) is 2.60. The van der Waals surface area contributed by atoms with Gasteiger partial charge < -0.3 is 9.84 Å². The Balaban J connectivity index is 2.11. The van der Waals surface area contributed by atoms with Gasteiger partial charge in [-0.2, -0.15) is 5.10 Å². The number of aromatic nitrogens is 1. The van der Waals surface area contributed by atoms with Gasteiger partial charge in [0.1, 0.15) is 4.88 Å². The molecule has 0 saturated heterocycles. The van der Waals surface area contributed by atoms with Crippen molar-refractivity contribution in [1.82, 2.24) is 4.98 Å². The van der Waals surface area contributed by atoms with Crippen LogP contribution < -0.4 is 5.43 Å². The van der Waals surface area contributed by atoms with Gasteiger partial charge in [0.15, 0.2) is 0 Å². The third kappa shape index (κ3) is 4.13. The highest BCUT2D eigenvalue weighted by Gasteiger charge is 2.16. The van der Waals surface area contributed by atoms with Gasteiger partial charge in [-0.15, -0.1) is 0 Å². The van der Waals surface area contributed by atoms with Crippen molar-refractivity contribution in [1.29, 1.82) is 0 Å². The van der Waals surface area contributed by atoms with E-state index in [-0.39, 0.29) is 5.56 Å². The maximum absolute atomic E-state index is 11.7. The number of carboxylic acid groups (broad SMARTS) is 1. The standard InChI is InChI=1S/C15H15N3O4S/c1-3-22-14(21)12-9(2)17-15(23-12)18-16-8-10-6-4-5-7-11(10)13(19)20/h4-8H,3H2,1-2H3,(H,17,18)(H,19,20)/b16-8-. The van der Waals surface area contributed by atoms with Crippen LogP contribution in [0.5, 0.6) is 0 Å². The molecule has 8 heteroatoms. The molecule has 1 heterocycles. The van der Waals surface area contributed by atoms with E-state index < -0.39 is 11.9 Å². The molecule has 0 amide bonds. The summed E-state index contributed by atoms with van der Waals surface area (Å²) in [5.74, 6) is -1.45. The molecule has 0 spiro atoms. The number of benzene rings is 1. The molecule has 0 aliphatic carbocycles. The van der Waals surface area contributed by atoms with Crippen LogP contribution in [0.1, 0.15) is 38.2 Å². The van der Waals surface area contributed by atoms with Gasteiger partial charge in [0.05, 0.1) is 24.1 Å². The highest BCUT2D eigenvalue weighted by molar-refractivity contribution is 7.17. The van der Waals surface area contributed by atoms with Crippen molar-refractivity contribution in [3.05, 3.63) is 46.0 Å². The Bertz CT molecular complexity index is 755. The molecule has 2 N–H and O–H groups in total. The van der Waals surface area contributed by atoms with Crippen LogP contribution in [-0.4, -0.2) is 34.9 Å². The number of hydrazone groups is 1. The third-order valence-electron chi connectivity index (χ3n) is 2.81. The molecule has 23 heavy (non-hydrogen) atoms. The molecule has 0 aliphatic rings. The zero-order valence-electron chi connectivity index (χ0n) is 12.6. The summed E-state index contributed by atoms with van der Waals surface area (Å²) in [6, 6.07) is 6.51. The van der Waals surface area contributed by atoms with Crippen LogP contribution in [0.2, 0.25) is 0 Å². The minimum atomic E-state index is -1.03. The molecule has 0 aliphatic heterocycles. The van der Waals surface area contributed by atoms with Crippen molar-refractivity contribution >= 4 is 34.6 Å². The molecule has 0 bridgehead atoms. The number of anilines is 1. The van der Waals surface area contributed by atoms with Crippen LogP contribution in [0.3, 0.4) is 0 Å². The number of carboxylic acids is 1. The van der Waals surface area contributed by atoms with Crippen molar-refractivity contribution in [3.63, 3.8) is 0 Å². The van der Waals surface area contributed by atoms with E-state index in [4.69, 9.17) is 9.84 Å². The summed E-state index contributed by atoms with van der Waals surface area (Å²) in [6.07, 6.45) is 1.39. The first kappa shape index (κ1) is 16.6. The smallest absolute Gasteiger partial charge is 0.350 e. The van der Waals surface area contributed by atoms with Crippen molar-refractivity contribution in [3.8, 4) is 0 Å². The summed E-state index contributed by atoms with van der Waals surface area (Å²) in [5.41, 5.74) is 3.86. The summed E-state index contributed by atoms with van der Waals surface area (Å²) in [5, 5.41) is 13.5. The first-order chi connectivity index (χ1) is 11.0. The molecule has 2 rings (SSSR count). The monoisotopic (exact) mass is 333 g/mol. The number of carbonyl (C=O) groups is 2. The van der Waals surface area contributed by atoms with E-state index in [0.29, 0.717) is 27.9 Å². The predicted octanol–water partition coefficient (Wildman–Crippen LogP) is 2.77. The zero-order valence-corrected chi connectivity index (χ0v) is 13.4. The van der Waals surface area contributed by atoms with Gasteiger partial charge in [-0.1, -0.05) is 29.5 Å². The Morgan fingerprint density at radius 1 is 1.43 bits per heavy atom. The second kappa shape index (κ2) is 7.50. The number of thiazole rings is 1. The molecule has 0 unspecified atom stereocenters. The number of aryl methyl sites for hydroxylation is 1. The van der Waals surface area contributed by atoms with Gasteiger partial charge in [-0.3, -0.25) is 5.43 Å². The van der Waals surface area contributed by atoms with Crippen LogP contribution >= 0.6 is 11.3 Å². The Hall–Kier alpha value is -2.74. The summed E-state index contributed by atoms with van der Waals surface area (Å²) in [6.45, 7) is 3.73. The van der Waals surface area contributed by atoms with Crippen LogP contribution in [0.25, 0.3) is 0 Å². The van der Waals surface area contributed by atoms with E-state index in [0.717, 1.165) is 11.3 Å². The molecule has 1 aromatic heterocycles. The van der Waals surface area contributed by atoms with E-state index in [1.165, 1.54) is 12.3 Å². The Morgan fingerprint density at radius 3 is 2.87 bits per heavy atom. The van der Waals surface area contributed by atoms with Gasteiger partial charge in [0, 0.05) is 5.56 Å². The van der Waals surface area contributed by atoms with Gasteiger partial charge in [-0.25, -0.2) is 14.6 Å². The summed E-state index contributed by atoms with van der Waals surface area (Å²) < 4.78 is 4.94. The third-order valence-corrected chi connectivity index (χ3v) is 3.85. The minimum Gasteiger partial charge on any atom is -0.478 e. The lowest BCUT2D eigenvalue weighted by Crippen LogP contribution is -2.03. The van der Waals surface area contributed by atoms with Gasteiger partial charge in [-0.05, 0) is 19.9 Å². The van der Waals surface area contributed by atoms with Crippen molar-refractivity contribution in [2.24, 2.45) is 5.10 Å². The number of carbonyl (C=O) groups excluding carboxylic acids is 1. The number of rotatable bonds is 6. The quantitative estimate of drug-likeness (QED) is 0.479. The number of hydrogen-bond acceptors (Lipinski definition) is 7. The Labute approximate surface area is 136 Å².